The Morgan fingerprint density at radius 1 is 1.20 bits per heavy atom. The number of rotatable bonds is 5. The number of hydrogen-bond donors (Lipinski definition) is 1. The van der Waals surface area contributed by atoms with Crippen LogP contribution >= 0.6 is 0 Å². The van der Waals surface area contributed by atoms with Gasteiger partial charge >= 0.3 is 5.97 Å². The van der Waals surface area contributed by atoms with E-state index in [9.17, 15) is 14.7 Å². The Morgan fingerprint density at radius 3 is 2.30 bits per heavy atom. The van der Waals surface area contributed by atoms with Gasteiger partial charge < -0.3 is 10.0 Å². The topological polar surface area (TPSA) is 57.6 Å². The molecule has 4 heteroatoms. The number of hydrogen-bond acceptors (Lipinski definition) is 2. The molecule has 1 aromatic rings. The molecule has 1 saturated carbocycles. The van der Waals surface area contributed by atoms with E-state index in [4.69, 9.17) is 0 Å². The molecule has 0 spiro atoms. The first-order chi connectivity index (χ1) is 9.59. The number of nitrogens with zero attached hydrogens (tertiary/aromatic N) is 1. The molecule has 1 aliphatic rings. The van der Waals surface area contributed by atoms with Gasteiger partial charge in [-0.3, -0.25) is 9.59 Å². The first-order valence-corrected chi connectivity index (χ1v) is 7.18. The van der Waals surface area contributed by atoms with Crippen LogP contribution in [0.4, 0.5) is 5.69 Å². The van der Waals surface area contributed by atoms with E-state index in [-0.39, 0.29) is 12.3 Å². The van der Waals surface area contributed by atoms with Crippen LogP contribution < -0.4 is 4.90 Å². The molecule has 1 aliphatic carbocycles. The summed E-state index contributed by atoms with van der Waals surface area (Å²) >= 11 is 0. The van der Waals surface area contributed by atoms with Crippen LogP contribution in [0.15, 0.2) is 30.3 Å². The Balaban J connectivity index is 2.15. The number of aliphatic carboxylic acids is 1. The molecule has 0 saturated heterocycles. The fourth-order valence-corrected chi connectivity index (χ4v) is 3.01. The summed E-state index contributed by atoms with van der Waals surface area (Å²) in [6.07, 6.45) is 3.12. The lowest BCUT2D eigenvalue weighted by molar-refractivity contribution is -0.151. The lowest BCUT2D eigenvalue weighted by atomic mass is 9.82. The number of amides is 1. The van der Waals surface area contributed by atoms with Gasteiger partial charge in [-0.15, -0.1) is 0 Å². The summed E-state index contributed by atoms with van der Waals surface area (Å²) in [5.41, 5.74) is -0.0160. The highest BCUT2D eigenvalue weighted by Crippen LogP contribution is 2.42. The van der Waals surface area contributed by atoms with Gasteiger partial charge in [0.2, 0.25) is 5.91 Å². The van der Waals surface area contributed by atoms with Gasteiger partial charge in [-0.25, -0.2) is 0 Å². The maximum Gasteiger partial charge on any atom is 0.310 e. The minimum atomic E-state index is -0.848. The van der Waals surface area contributed by atoms with Crippen molar-refractivity contribution in [2.45, 2.75) is 39.0 Å². The van der Waals surface area contributed by atoms with Crippen molar-refractivity contribution in [3.8, 4) is 0 Å². The third-order valence-electron chi connectivity index (χ3n) is 4.19. The predicted octanol–water partition coefficient (Wildman–Crippen LogP) is 3.07. The van der Waals surface area contributed by atoms with E-state index < -0.39 is 11.4 Å². The standard InChI is InChI=1S/C16H21NO3/c1-2-17(13-8-4-3-5-9-13)14(18)12-16(15(19)20)10-6-7-11-16/h3-5,8-9H,2,6-7,10-12H2,1H3,(H,19,20). The minimum Gasteiger partial charge on any atom is -0.481 e. The Hall–Kier alpha value is -1.84. The van der Waals surface area contributed by atoms with Crippen LogP contribution in [0.5, 0.6) is 0 Å². The molecule has 108 valence electrons. The highest BCUT2D eigenvalue weighted by atomic mass is 16.4. The van der Waals surface area contributed by atoms with E-state index in [1.165, 1.54) is 0 Å². The molecule has 2 rings (SSSR count). The lowest BCUT2D eigenvalue weighted by Crippen LogP contribution is -2.38. The maximum atomic E-state index is 12.5. The molecule has 0 unspecified atom stereocenters. The SMILES string of the molecule is CCN(C(=O)CC1(C(=O)O)CCCC1)c1ccccc1. The average molecular weight is 275 g/mol. The molecule has 1 N–H and O–H groups in total. The van der Waals surface area contributed by atoms with Crippen molar-refractivity contribution < 1.29 is 14.7 Å². The van der Waals surface area contributed by atoms with Gasteiger partial charge in [0.25, 0.3) is 0 Å². The summed E-state index contributed by atoms with van der Waals surface area (Å²) in [7, 11) is 0. The summed E-state index contributed by atoms with van der Waals surface area (Å²) in [6, 6.07) is 9.42. The Kier molecular flexibility index (Phi) is 4.42. The largest absolute Gasteiger partial charge is 0.481 e. The minimum absolute atomic E-state index is 0.0944. The quantitative estimate of drug-likeness (QED) is 0.898. The number of carbonyl (C=O) groups is 2. The smallest absolute Gasteiger partial charge is 0.310 e. The van der Waals surface area contributed by atoms with Crippen molar-refractivity contribution in [3.63, 3.8) is 0 Å². The molecule has 1 fully saturated rings. The Morgan fingerprint density at radius 2 is 1.80 bits per heavy atom. The second-order valence-corrected chi connectivity index (χ2v) is 5.44. The summed E-state index contributed by atoms with van der Waals surface area (Å²) in [5.74, 6) is -0.921. The normalized spacial score (nSPS) is 16.9. The number of carboxylic acid groups (broad SMARTS) is 1. The van der Waals surface area contributed by atoms with E-state index in [0.717, 1.165) is 18.5 Å². The van der Waals surface area contributed by atoms with Crippen molar-refractivity contribution in [1.29, 1.82) is 0 Å². The van der Waals surface area contributed by atoms with Crippen LogP contribution in [0, 0.1) is 5.41 Å². The molecule has 1 aromatic carbocycles. The number of para-hydroxylation sites is 1. The van der Waals surface area contributed by atoms with E-state index >= 15 is 0 Å². The number of carboxylic acids is 1. The van der Waals surface area contributed by atoms with E-state index in [0.29, 0.717) is 19.4 Å². The fourth-order valence-electron chi connectivity index (χ4n) is 3.01. The van der Waals surface area contributed by atoms with Gasteiger partial charge in [0.15, 0.2) is 0 Å². The summed E-state index contributed by atoms with van der Waals surface area (Å²) in [5, 5.41) is 9.47. The second kappa shape index (κ2) is 6.07. The van der Waals surface area contributed by atoms with Gasteiger partial charge in [0.05, 0.1) is 5.41 Å². The number of anilines is 1. The molecule has 0 aromatic heterocycles. The molecule has 0 heterocycles. The third kappa shape index (κ3) is 2.84. The zero-order chi connectivity index (χ0) is 14.6. The van der Waals surface area contributed by atoms with Crippen LogP contribution in [-0.2, 0) is 9.59 Å². The van der Waals surface area contributed by atoms with Crippen molar-refractivity contribution in [2.75, 3.05) is 11.4 Å². The molecule has 1 amide bonds. The second-order valence-electron chi connectivity index (χ2n) is 5.44. The van der Waals surface area contributed by atoms with Gasteiger partial charge in [0, 0.05) is 18.7 Å². The van der Waals surface area contributed by atoms with Crippen LogP contribution in [0.25, 0.3) is 0 Å². The maximum absolute atomic E-state index is 12.5. The van der Waals surface area contributed by atoms with E-state index in [2.05, 4.69) is 0 Å². The molecular weight excluding hydrogens is 254 g/mol. The van der Waals surface area contributed by atoms with Crippen molar-refractivity contribution >= 4 is 17.6 Å². The zero-order valence-corrected chi connectivity index (χ0v) is 11.8. The van der Waals surface area contributed by atoms with Gasteiger partial charge in [-0.1, -0.05) is 31.0 Å². The van der Waals surface area contributed by atoms with E-state index in [1.807, 2.05) is 37.3 Å². The molecular formula is C16H21NO3. The monoisotopic (exact) mass is 275 g/mol. The van der Waals surface area contributed by atoms with Crippen LogP contribution in [0.3, 0.4) is 0 Å². The Labute approximate surface area is 119 Å². The molecule has 0 bridgehead atoms. The lowest BCUT2D eigenvalue weighted by Gasteiger charge is -2.28. The summed E-state index contributed by atoms with van der Waals surface area (Å²) in [4.78, 5) is 25.7. The zero-order valence-electron chi connectivity index (χ0n) is 11.8. The van der Waals surface area contributed by atoms with Crippen molar-refractivity contribution in [1.82, 2.24) is 0 Å². The van der Waals surface area contributed by atoms with Crippen molar-refractivity contribution in [2.24, 2.45) is 5.41 Å². The highest BCUT2D eigenvalue weighted by molar-refractivity contribution is 5.96. The summed E-state index contributed by atoms with van der Waals surface area (Å²) < 4.78 is 0. The molecule has 4 nitrogen and oxygen atoms in total. The van der Waals surface area contributed by atoms with Crippen LogP contribution in [-0.4, -0.2) is 23.5 Å². The number of benzene rings is 1. The first-order valence-electron chi connectivity index (χ1n) is 7.18. The predicted molar refractivity (Wildman–Crippen MR) is 77.6 cm³/mol. The fraction of sp³-hybridized carbons (Fsp3) is 0.500. The molecule has 20 heavy (non-hydrogen) atoms. The Bertz CT molecular complexity index is 478. The number of carbonyl (C=O) groups excluding carboxylic acids is 1. The third-order valence-corrected chi connectivity index (χ3v) is 4.19. The molecule has 0 aliphatic heterocycles. The van der Waals surface area contributed by atoms with Gasteiger partial charge in [0.1, 0.15) is 0 Å². The highest BCUT2D eigenvalue weighted by Gasteiger charge is 2.43. The van der Waals surface area contributed by atoms with Crippen molar-refractivity contribution in [3.05, 3.63) is 30.3 Å². The average Bonchev–Trinajstić information content (AvgIpc) is 2.90. The van der Waals surface area contributed by atoms with Crippen LogP contribution in [0.2, 0.25) is 0 Å². The van der Waals surface area contributed by atoms with Gasteiger partial charge in [-0.2, -0.15) is 0 Å². The van der Waals surface area contributed by atoms with Gasteiger partial charge in [-0.05, 0) is 31.9 Å². The molecule has 0 atom stereocenters. The van der Waals surface area contributed by atoms with E-state index in [1.54, 1.807) is 4.90 Å². The molecule has 0 radical (unpaired) electrons. The summed E-state index contributed by atoms with van der Waals surface area (Å²) in [6.45, 7) is 2.46. The van der Waals surface area contributed by atoms with Crippen LogP contribution in [0.1, 0.15) is 39.0 Å². The first kappa shape index (κ1) is 14.6.